The Kier molecular flexibility index (Phi) is 3.89. The van der Waals surface area contributed by atoms with Gasteiger partial charge in [-0.3, -0.25) is 0 Å². The van der Waals surface area contributed by atoms with E-state index in [9.17, 15) is 5.11 Å². The molecule has 1 aliphatic heterocycles. The van der Waals surface area contributed by atoms with Gasteiger partial charge in [-0.05, 0) is 48.6 Å². The molecule has 0 saturated heterocycles. The van der Waals surface area contributed by atoms with E-state index >= 15 is 0 Å². The van der Waals surface area contributed by atoms with Crippen molar-refractivity contribution in [3.8, 4) is 6.07 Å². The molecule has 0 radical (unpaired) electrons. The Morgan fingerprint density at radius 3 is 2.57 bits per heavy atom. The summed E-state index contributed by atoms with van der Waals surface area (Å²) in [6, 6.07) is 16.5. The highest BCUT2D eigenvalue weighted by molar-refractivity contribution is 5.72. The number of nitriles is 1. The monoisotopic (exact) mass is 278 g/mol. The van der Waals surface area contributed by atoms with Gasteiger partial charge in [0.25, 0.3) is 0 Å². The van der Waals surface area contributed by atoms with Crippen LogP contribution in [-0.2, 0) is 12.8 Å². The van der Waals surface area contributed by atoms with Gasteiger partial charge in [0, 0.05) is 24.5 Å². The van der Waals surface area contributed by atoms with Crippen molar-refractivity contribution < 1.29 is 5.11 Å². The number of fused-ring (bicyclic) bond motifs is 2. The molecule has 1 aliphatic rings. The second-order valence-electron chi connectivity index (χ2n) is 5.31. The van der Waals surface area contributed by atoms with Crippen molar-refractivity contribution in [1.29, 1.82) is 5.26 Å². The molecule has 0 fully saturated rings. The van der Waals surface area contributed by atoms with Gasteiger partial charge in [-0.1, -0.05) is 24.3 Å². The van der Waals surface area contributed by atoms with Crippen LogP contribution in [0.4, 0.5) is 11.4 Å². The SMILES string of the molecule is N#Cc1ccc2c(c1)N(CCCO)c1ccccc1CC2. The molecule has 0 spiro atoms. The van der Waals surface area contributed by atoms with E-state index in [1.54, 1.807) is 0 Å². The average Bonchev–Trinajstić information content (AvgIpc) is 2.69. The largest absolute Gasteiger partial charge is 0.396 e. The van der Waals surface area contributed by atoms with Gasteiger partial charge < -0.3 is 10.0 Å². The standard InChI is InChI=1S/C18H18N2O/c19-13-14-6-7-16-9-8-15-4-1-2-5-17(15)20(10-3-11-21)18(16)12-14/h1-2,4-7,12,21H,3,8-11H2. The zero-order chi connectivity index (χ0) is 14.7. The third-order valence-corrected chi connectivity index (χ3v) is 3.99. The fourth-order valence-corrected chi connectivity index (χ4v) is 2.95. The molecule has 3 heteroatoms. The average molecular weight is 278 g/mol. The molecule has 3 nitrogen and oxygen atoms in total. The summed E-state index contributed by atoms with van der Waals surface area (Å²) in [5.74, 6) is 0. The summed E-state index contributed by atoms with van der Waals surface area (Å²) in [4.78, 5) is 2.24. The molecular formula is C18H18N2O. The first-order valence-electron chi connectivity index (χ1n) is 7.33. The number of para-hydroxylation sites is 1. The van der Waals surface area contributed by atoms with Crippen molar-refractivity contribution in [2.24, 2.45) is 0 Å². The first-order valence-corrected chi connectivity index (χ1v) is 7.33. The molecule has 3 rings (SSSR count). The van der Waals surface area contributed by atoms with Gasteiger partial charge in [0.1, 0.15) is 0 Å². The van der Waals surface area contributed by atoms with Gasteiger partial charge in [-0.15, -0.1) is 0 Å². The lowest BCUT2D eigenvalue weighted by atomic mass is 10.0. The summed E-state index contributed by atoms with van der Waals surface area (Å²) in [5.41, 5.74) is 5.57. The molecule has 0 bridgehead atoms. The van der Waals surface area contributed by atoms with Crippen LogP contribution in [0.1, 0.15) is 23.1 Å². The Morgan fingerprint density at radius 1 is 1.05 bits per heavy atom. The maximum atomic E-state index is 9.18. The minimum atomic E-state index is 0.173. The quantitative estimate of drug-likeness (QED) is 0.938. The first-order chi connectivity index (χ1) is 10.3. The molecule has 0 atom stereocenters. The van der Waals surface area contributed by atoms with Crippen molar-refractivity contribution >= 4 is 11.4 Å². The Hall–Kier alpha value is -2.31. The molecule has 1 N–H and O–H groups in total. The van der Waals surface area contributed by atoms with Crippen molar-refractivity contribution in [2.75, 3.05) is 18.1 Å². The highest BCUT2D eigenvalue weighted by Crippen LogP contribution is 2.36. The second kappa shape index (κ2) is 5.99. The number of nitrogens with zero attached hydrogens (tertiary/aromatic N) is 2. The fraction of sp³-hybridized carbons (Fsp3) is 0.278. The lowest BCUT2D eigenvalue weighted by Gasteiger charge is -2.27. The zero-order valence-corrected chi connectivity index (χ0v) is 11.9. The van der Waals surface area contributed by atoms with Crippen molar-refractivity contribution in [3.05, 3.63) is 59.2 Å². The topological polar surface area (TPSA) is 47.3 Å². The number of hydrogen-bond donors (Lipinski definition) is 1. The molecule has 0 aromatic heterocycles. The van der Waals surface area contributed by atoms with E-state index in [0.29, 0.717) is 12.0 Å². The van der Waals surface area contributed by atoms with Gasteiger partial charge in [0.15, 0.2) is 0 Å². The van der Waals surface area contributed by atoms with E-state index in [4.69, 9.17) is 5.26 Å². The Balaban J connectivity index is 2.12. The molecule has 0 amide bonds. The lowest BCUT2D eigenvalue weighted by molar-refractivity contribution is 0.291. The number of benzene rings is 2. The van der Waals surface area contributed by atoms with Crippen LogP contribution >= 0.6 is 0 Å². The van der Waals surface area contributed by atoms with Gasteiger partial charge in [-0.2, -0.15) is 5.26 Å². The third-order valence-electron chi connectivity index (χ3n) is 3.99. The summed E-state index contributed by atoms with van der Waals surface area (Å²) in [5, 5.41) is 18.3. The Labute approximate surface area is 125 Å². The number of aryl methyl sites for hydroxylation is 2. The molecule has 2 aromatic rings. The van der Waals surface area contributed by atoms with E-state index in [2.05, 4.69) is 35.2 Å². The van der Waals surface area contributed by atoms with Gasteiger partial charge in [-0.25, -0.2) is 0 Å². The van der Waals surface area contributed by atoms with Crippen molar-refractivity contribution in [1.82, 2.24) is 0 Å². The summed E-state index contributed by atoms with van der Waals surface area (Å²) < 4.78 is 0. The van der Waals surface area contributed by atoms with Crippen LogP contribution < -0.4 is 4.90 Å². The van der Waals surface area contributed by atoms with Crippen molar-refractivity contribution in [3.63, 3.8) is 0 Å². The van der Waals surface area contributed by atoms with E-state index < -0.39 is 0 Å². The first kappa shape index (κ1) is 13.7. The Morgan fingerprint density at radius 2 is 1.81 bits per heavy atom. The molecule has 0 aliphatic carbocycles. The molecule has 21 heavy (non-hydrogen) atoms. The zero-order valence-electron chi connectivity index (χ0n) is 11.9. The molecule has 106 valence electrons. The minimum Gasteiger partial charge on any atom is -0.396 e. The molecule has 0 saturated carbocycles. The van der Waals surface area contributed by atoms with Crippen LogP contribution in [0.25, 0.3) is 0 Å². The summed E-state index contributed by atoms with van der Waals surface area (Å²) in [6.07, 6.45) is 2.70. The number of hydrogen-bond acceptors (Lipinski definition) is 3. The molecule has 1 heterocycles. The maximum Gasteiger partial charge on any atom is 0.0992 e. The predicted octanol–water partition coefficient (Wildman–Crippen LogP) is 3.18. The Bertz CT molecular complexity index is 688. The third kappa shape index (κ3) is 2.63. The van der Waals surface area contributed by atoms with Crippen LogP contribution in [0.3, 0.4) is 0 Å². The van der Waals surface area contributed by atoms with E-state index in [-0.39, 0.29) is 6.61 Å². The van der Waals surface area contributed by atoms with Gasteiger partial charge >= 0.3 is 0 Å². The summed E-state index contributed by atoms with van der Waals surface area (Å²) in [6.45, 7) is 0.932. The minimum absolute atomic E-state index is 0.173. The summed E-state index contributed by atoms with van der Waals surface area (Å²) >= 11 is 0. The highest BCUT2D eigenvalue weighted by atomic mass is 16.3. The van der Waals surface area contributed by atoms with Gasteiger partial charge in [0.2, 0.25) is 0 Å². The molecular weight excluding hydrogens is 260 g/mol. The fourth-order valence-electron chi connectivity index (χ4n) is 2.95. The molecule has 2 aromatic carbocycles. The number of aliphatic hydroxyl groups is 1. The van der Waals surface area contributed by atoms with Crippen LogP contribution in [0.5, 0.6) is 0 Å². The second-order valence-corrected chi connectivity index (χ2v) is 5.31. The van der Waals surface area contributed by atoms with E-state index in [0.717, 1.165) is 25.1 Å². The van der Waals surface area contributed by atoms with E-state index in [1.165, 1.54) is 16.8 Å². The summed E-state index contributed by atoms with van der Waals surface area (Å²) in [7, 11) is 0. The van der Waals surface area contributed by atoms with Crippen LogP contribution in [-0.4, -0.2) is 18.3 Å². The lowest BCUT2D eigenvalue weighted by Crippen LogP contribution is -2.20. The maximum absolute atomic E-state index is 9.18. The van der Waals surface area contributed by atoms with Crippen molar-refractivity contribution in [2.45, 2.75) is 19.3 Å². The normalized spacial score (nSPS) is 13.0. The van der Waals surface area contributed by atoms with Crippen LogP contribution in [0.2, 0.25) is 0 Å². The van der Waals surface area contributed by atoms with Crippen LogP contribution in [0, 0.1) is 11.3 Å². The van der Waals surface area contributed by atoms with Gasteiger partial charge in [0.05, 0.1) is 11.6 Å². The molecule has 0 unspecified atom stereocenters. The van der Waals surface area contributed by atoms with Crippen LogP contribution in [0.15, 0.2) is 42.5 Å². The van der Waals surface area contributed by atoms with E-state index in [1.807, 2.05) is 18.2 Å². The highest BCUT2D eigenvalue weighted by Gasteiger charge is 2.20. The number of aliphatic hydroxyl groups excluding tert-OH is 1. The number of anilines is 2. The smallest absolute Gasteiger partial charge is 0.0992 e. The predicted molar refractivity (Wildman–Crippen MR) is 83.7 cm³/mol. The number of rotatable bonds is 3.